The van der Waals surface area contributed by atoms with Gasteiger partial charge in [-0.2, -0.15) is 0 Å². The Kier molecular flexibility index (Phi) is 5.22. The molecule has 94 valence electrons. The van der Waals surface area contributed by atoms with Crippen LogP contribution >= 0.6 is 0 Å². The molecule has 0 bridgehead atoms. The zero-order valence-corrected chi connectivity index (χ0v) is 9.77. The van der Waals surface area contributed by atoms with Crippen molar-refractivity contribution in [2.45, 2.75) is 13.0 Å². The summed E-state index contributed by atoms with van der Waals surface area (Å²) in [5, 5.41) is 14.6. The van der Waals surface area contributed by atoms with Crippen LogP contribution in [0.5, 0.6) is 0 Å². The minimum absolute atomic E-state index is 0.0359. The topological polar surface area (TPSA) is 83.4 Å². The van der Waals surface area contributed by atoms with E-state index in [1.807, 2.05) is 7.05 Å². The lowest BCUT2D eigenvalue weighted by molar-refractivity contribution is -0.121. The van der Waals surface area contributed by atoms with Gasteiger partial charge in [0.1, 0.15) is 12.2 Å². The molecule has 0 fully saturated rings. The standard InChI is InChI=1S/C11H17N3O3/c1-12-5-3-6-13-10(15)8-14-7-2-4-9(14)11(16)17/h2,4,7,12H,3,5-6,8H2,1H3,(H,13,15)(H,16,17). The molecule has 0 saturated carbocycles. The van der Waals surface area contributed by atoms with Crippen LogP contribution in [0.3, 0.4) is 0 Å². The highest BCUT2D eigenvalue weighted by Gasteiger charge is 2.10. The maximum absolute atomic E-state index is 11.5. The monoisotopic (exact) mass is 239 g/mol. The third-order valence-electron chi connectivity index (χ3n) is 2.29. The smallest absolute Gasteiger partial charge is 0.352 e. The number of carbonyl (C=O) groups is 2. The number of nitrogens with one attached hydrogen (secondary N) is 2. The van der Waals surface area contributed by atoms with E-state index < -0.39 is 5.97 Å². The Balaban J connectivity index is 2.40. The number of aromatic carboxylic acids is 1. The summed E-state index contributed by atoms with van der Waals surface area (Å²) in [6.07, 6.45) is 2.43. The SMILES string of the molecule is CNCCCNC(=O)Cn1cccc1C(=O)O. The highest BCUT2D eigenvalue weighted by Crippen LogP contribution is 2.01. The molecule has 0 atom stereocenters. The zero-order valence-electron chi connectivity index (χ0n) is 9.77. The first kappa shape index (κ1) is 13.2. The van der Waals surface area contributed by atoms with Crippen molar-refractivity contribution in [1.29, 1.82) is 0 Å². The molecule has 0 saturated heterocycles. The first-order valence-electron chi connectivity index (χ1n) is 5.45. The van der Waals surface area contributed by atoms with Crippen molar-refractivity contribution in [3.05, 3.63) is 24.0 Å². The van der Waals surface area contributed by atoms with Gasteiger partial charge in [0.15, 0.2) is 0 Å². The summed E-state index contributed by atoms with van der Waals surface area (Å²) < 4.78 is 1.41. The fraction of sp³-hybridized carbons (Fsp3) is 0.455. The summed E-state index contributed by atoms with van der Waals surface area (Å²) in [4.78, 5) is 22.3. The number of nitrogens with zero attached hydrogens (tertiary/aromatic N) is 1. The van der Waals surface area contributed by atoms with E-state index in [4.69, 9.17) is 5.11 Å². The van der Waals surface area contributed by atoms with Gasteiger partial charge in [0.05, 0.1) is 0 Å². The second kappa shape index (κ2) is 6.70. The maximum Gasteiger partial charge on any atom is 0.352 e. The number of rotatable bonds is 7. The van der Waals surface area contributed by atoms with Crippen molar-refractivity contribution in [2.75, 3.05) is 20.1 Å². The molecule has 0 aromatic carbocycles. The van der Waals surface area contributed by atoms with Gasteiger partial charge in [-0.3, -0.25) is 4.79 Å². The highest BCUT2D eigenvalue weighted by atomic mass is 16.4. The molecule has 3 N–H and O–H groups in total. The van der Waals surface area contributed by atoms with E-state index in [-0.39, 0.29) is 18.1 Å². The van der Waals surface area contributed by atoms with Crippen LogP contribution in [-0.4, -0.2) is 41.7 Å². The molecule has 1 heterocycles. The van der Waals surface area contributed by atoms with Crippen LogP contribution in [0.15, 0.2) is 18.3 Å². The Hall–Kier alpha value is -1.82. The fourth-order valence-corrected chi connectivity index (χ4v) is 1.45. The molecule has 17 heavy (non-hydrogen) atoms. The van der Waals surface area contributed by atoms with Crippen molar-refractivity contribution >= 4 is 11.9 Å². The molecule has 0 aliphatic carbocycles. The Morgan fingerprint density at radius 3 is 2.82 bits per heavy atom. The Morgan fingerprint density at radius 1 is 1.41 bits per heavy atom. The molecular formula is C11H17N3O3. The van der Waals surface area contributed by atoms with Crippen molar-refractivity contribution < 1.29 is 14.7 Å². The average Bonchev–Trinajstić information content (AvgIpc) is 2.72. The van der Waals surface area contributed by atoms with E-state index in [0.717, 1.165) is 13.0 Å². The van der Waals surface area contributed by atoms with Gasteiger partial charge in [0.25, 0.3) is 0 Å². The quantitative estimate of drug-likeness (QED) is 0.581. The zero-order chi connectivity index (χ0) is 12.7. The largest absolute Gasteiger partial charge is 0.477 e. The number of hydrogen-bond acceptors (Lipinski definition) is 3. The summed E-state index contributed by atoms with van der Waals surface area (Å²) in [6.45, 7) is 1.46. The molecule has 0 spiro atoms. The summed E-state index contributed by atoms with van der Waals surface area (Å²) in [6, 6.07) is 3.08. The van der Waals surface area contributed by atoms with Crippen LogP contribution < -0.4 is 10.6 Å². The molecule has 0 unspecified atom stereocenters. The first-order valence-corrected chi connectivity index (χ1v) is 5.45. The summed E-state index contributed by atoms with van der Waals surface area (Å²) in [7, 11) is 1.85. The molecule has 0 aliphatic rings. The normalized spacial score (nSPS) is 10.2. The average molecular weight is 239 g/mol. The van der Waals surface area contributed by atoms with Crippen LogP contribution in [0.25, 0.3) is 0 Å². The third kappa shape index (κ3) is 4.28. The van der Waals surface area contributed by atoms with Crippen LogP contribution in [-0.2, 0) is 11.3 Å². The minimum Gasteiger partial charge on any atom is -0.477 e. The molecule has 1 aromatic heterocycles. The molecule has 1 amide bonds. The van der Waals surface area contributed by atoms with Gasteiger partial charge in [-0.1, -0.05) is 0 Å². The molecule has 0 radical (unpaired) electrons. The summed E-state index contributed by atoms with van der Waals surface area (Å²) in [5.41, 5.74) is 0.121. The number of carboxylic acid groups (broad SMARTS) is 1. The second-order valence-corrected chi connectivity index (χ2v) is 3.63. The van der Waals surface area contributed by atoms with E-state index in [1.54, 1.807) is 12.3 Å². The minimum atomic E-state index is -1.03. The van der Waals surface area contributed by atoms with E-state index in [9.17, 15) is 9.59 Å². The number of carbonyl (C=O) groups excluding carboxylic acids is 1. The van der Waals surface area contributed by atoms with E-state index in [2.05, 4.69) is 10.6 Å². The second-order valence-electron chi connectivity index (χ2n) is 3.63. The van der Waals surface area contributed by atoms with Crippen molar-refractivity contribution in [3.8, 4) is 0 Å². The lowest BCUT2D eigenvalue weighted by Gasteiger charge is -2.07. The molecule has 6 nitrogen and oxygen atoms in total. The van der Waals surface area contributed by atoms with Gasteiger partial charge < -0.3 is 20.3 Å². The number of amides is 1. The van der Waals surface area contributed by atoms with E-state index in [0.29, 0.717) is 6.54 Å². The van der Waals surface area contributed by atoms with Crippen LogP contribution in [0.1, 0.15) is 16.9 Å². The summed E-state index contributed by atoms with van der Waals surface area (Å²) >= 11 is 0. The van der Waals surface area contributed by atoms with Gasteiger partial charge in [-0.05, 0) is 32.1 Å². The van der Waals surface area contributed by atoms with E-state index in [1.165, 1.54) is 10.6 Å². The fourth-order valence-electron chi connectivity index (χ4n) is 1.45. The summed E-state index contributed by atoms with van der Waals surface area (Å²) in [5.74, 6) is -1.21. The van der Waals surface area contributed by atoms with Crippen LogP contribution in [0.4, 0.5) is 0 Å². The van der Waals surface area contributed by atoms with Crippen LogP contribution in [0.2, 0.25) is 0 Å². The van der Waals surface area contributed by atoms with Crippen molar-refractivity contribution in [2.24, 2.45) is 0 Å². The number of aromatic nitrogens is 1. The van der Waals surface area contributed by atoms with Gasteiger partial charge >= 0.3 is 5.97 Å². The maximum atomic E-state index is 11.5. The predicted molar refractivity (Wildman–Crippen MR) is 62.9 cm³/mol. The molecule has 1 rings (SSSR count). The number of carboxylic acids is 1. The highest BCUT2D eigenvalue weighted by molar-refractivity contribution is 5.86. The molecule has 0 aliphatic heterocycles. The van der Waals surface area contributed by atoms with Crippen LogP contribution in [0, 0.1) is 0 Å². The van der Waals surface area contributed by atoms with Gasteiger partial charge in [0.2, 0.25) is 5.91 Å². The van der Waals surface area contributed by atoms with E-state index >= 15 is 0 Å². The number of hydrogen-bond donors (Lipinski definition) is 3. The van der Waals surface area contributed by atoms with Gasteiger partial charge in [0, 0.05) is 12.7 Å². The Morgan fingerprint density at radius 2 is 2.18 bits per heavy atom. The predicted octanol–water partition coefficient (Wildman–Crippen LogP) is -0.0880. The third-order valence-corrected chi connectivity index (χ3v) is 2.29. The lowest BCUT2D eigenvalue weighted by atomic mass is 10.4. The van der Waals surface area contributed by atoms with Crippen molar-refractivity contribution in [3.63, 3.8) is 0 Å². The first-order chi connectivity index (χ1) is 8.15. The lowest BCUT2D eigenvalue weighted by Crippen LogP contribution is -2.30. The van der Waals surface area contributed by atoms with Gasteiger partial charge in [-0.25, -0.2) is 4.79 Å². The molecular weight excluding hydrogens is 222 g/mol. The molecule has 1 aromatic rings. The Labute approximate surface area is 99.6 Å². The van der Waals surface area contributed by atoms with Crippen molar-refractivity contribution in [1.82, 2.24) is 15.2 Å². The molecule has 6 heteroatoms. The Bertz CT molecular complexity index is 387. The van der Waals surface area contributed by atoms with Gasteiger partial charge in [-0.15, -0.1) is 0 Å².